The van der Waals surface area contributed by atoms with Crippen LogP contribution in [0.25, 0.3) is 11.0 Å². The van der Waals surface area contributed by atoms with Gasteiger partial charge in [0.15, 0.2) is 5.65 Å². The van der Waals surface area contributed by atoms with Gasteiger partial charge in [-0.05, 0) is 46.7 Å². The molecule has 0 radical (unpaired) electrons. The highest BCUT2D eigenvalue weighted by atomic mass is 15.3. The first-order valence-corrected chi connectivity index (χ1v) is 7.92. The molecular weight excluding hydrogens is 264 g/mol. The maximum absolute atomic E-state index is 4.66. The van der Waals surface area contributed by atoms with Crippen molar-refractivity contribution in [1.82, 2.24) is 25.1 Å². The van der Waals surface area contributed by atoms with Crippen LogP contribution in [0, 0.1) is 6.92 Å². The summed E-state index contributed by atoms with van der Waals surface area (Å²) in [4.78, 5) is 11.6. The van der Waals surface area contributed by atoms with Crippen LogP contribution < -0.4 is 10.2 Å². The molecule has 2 aromatic rings. The van der Waals surface area contributed by atoms with Crippen molar-refractivity contribution in [2.75, 3.05) is 31.1 Å². The van der Waals surface area contributed by atoms with Crippen LogP contribution in [0.3, 0.4) is 0 Å². The molecule has 1 aliphatic rings. The molecule has 2 aromatic heterocycles. The van der Waals surface area contributed by atoms with Gasteiger partial charge in [0.05, 0.1) is 17.6 Å². The number of nitrogens with one attached hydrogen (secondary N) is 1. The summed E-state index contributed by atoms with van der Waals surface area (Å²) >= 11 is 0. The minimum absolute atomic E-state index is 0.447. The molecule has 6 heteroatoms. The van der Waals surface area contributed by atoms with E-state index in [-0.39, 0.29) is 0 Å². The number of hydrogen-bond donors (Lipinski definition) is 1. The van der Waals surface area contributed by atoms with Gasteiger partial charge in [0.2, 0.25) is 0 Å². The zero-order valence-corrected chi connectivity index (χ0v) is 13.1. The minimum Gasteiger partial charge on any atom is -0.356 e. The SMILES string of the molecule is CCN(CC)c1nc(C)nc2c1cnn2C1CCNCC1. The van der Waals surface area contributed by atoms with Gasteiger partial charge in [0, 0.05) is 13.1 Å². The summed E-state index contributed by atoms with van der Waals surface area (Å²) in [6.07, 6.45) is 4.16. The van der Waals surface area contributed by atoms with Gasteiger partial charge in [-0.3, -0.25) is 0 Å². The van der Waals surface area contributed by atoms with Crippen molar-refractivity contribution in [2.24, 2.45) is 0 Å². The molecule has 1 aliphatic heterocycles. The highest BCUT2D eigenvalue weighted by molar-refractivity contribution is 5.87. The van der Waals surface area contributed by atoms with Gasteiger partial charge < -0.3 is 10.2 Å². The van der Waals surface area contributed by atoms with E-state index in [1.165, 1.54) is 0 Å². The van der Waals surface area contributed by atoms with Crippen molar-refractivity contribution in [3.63, 3.8) is 0 Å². The molecule has 0 aromatic carbocycles. The molecular formula is C15H24N6. The van der Waals surface area contributed by atoms with Gasteiger partial charge in [-0.25, -0.2) is 14.6 Å². The summed E-state index contributed by atoms with van der Waals surface area (Å²) in [5.74, 6) is 1.84. The van der Waals surface area contributed by atoms with E-state index in [2.05, 4.69) is 43.8 Å². The predicted octanol–water partition coefficient (Wildman–Crippen LogP) is 1.91. The second kappa shape index (κ2) is 5.97. The molecule has 1 saturated heterocycles. The molecule has 3 rings (SSSR count). The molecule has 114 valence electrons. The molecule has 3 heterocycles. The number of piperidine rings is 1. The van der Waals surface area contributed by atoms with Crippen LogP contribution in [-0.4, -0.2) is 45.9 Å². The molecule has 0 spiro atoms. The van der Waals surface area contributed by atoms with Gasteiger partial charge in [-0.15, -0.1) is 0 Å². The quantitative estimate of drug-likeness (QED) is 0.931. The minimum atomic E-state index is 0.447. The molecule has 0 atom stereocenters. The number of aromatic nitrogens is 4. The third kappa shape index (κ3) is 2.60. The fourth-order valence-corrected chi connectivity index (χ4v) is 3.10. The van der Waals surface area contributed by atoms with E-state index in [0.29, 0.717) is 6.04 Å². The summed E-state index contributed by atoms with van der Waals surface area (Å²) in [5, 5.41) is 9.11. The third-order valence-electron chi connectivity index (χ3n) is 4.26. The number of hydrogen-bond acceptors (Lipinski definition) is 5. The fraction of sp³-hybridized carbons (Fsp3) is 0.667. The Morgan fingerprint density at radius 2 is 1.95 bits per heavy atom. The molecule has 21 heavy (non-hydrogen) atoms. The summed E-state index contributed by atoms with van der Waals surface area (Å²) in [7, 11) is 0. The topological polar surface area (TPSA) is 58.9 Å². The first-order chi connectivity index (χ1) is 10.2. The lowest BCUT2D eigenvalue weighted by Gasteiger charge is -2.24. The Labute approximate surface area is 125 Å². The Morgan fingerprint density at radius 3 is 2.62 bits per heavy atom. The van der Waals surface area contributed by atoms with Crippen LogP contribution in [0.15, 0.2) is 6.20 Å². The Hall–Kier alpha value is -1.69. The van der Waals surface area contributed by atoms with Gasteiger partial charge in [-0.2, -0.15) is 5.10 Å². The number of anilines is 1. The van der Waals surface area contributed by atoms with Gasteiger partial charge in [-0.1, -0.05) is 0 Å². The lowest BCUT2D eigenvalue weighted by molar-refractivity contribution is 0.349. The van der Waals surface area contributed by atoms with Gasteiger partial charge in [0.25, 0.3) is 0 Å². The lowest BCUT2D eigenvalue weighted by Crippen LogP contribution is -2.30. The number of nitrogens with zero attached hydrogens (tertiary/aromatic N) is 5. The summed E-state index contributed by atoms with van der Waals surface area (Å²) < 4.78 is 2.11. The Balaban J connectivity index is 2.08. The average Bonchev–Trinajstić information content (AvgIpc) is 2.93. The van der Waals surface area contributed by atoms with Crippen LogP contribution in [0.5, 0.6) is 0 Å². The van der Waals surface area contributed by atoms with Crippen LogP contribution >= 0.6 is 0 Å². The molecule has 1 fully saturated rings. The Morgan fingerprint density at radius 1 is 1.24 bits per heavy atom. The zero-order valence-electron chi connectivity index (χ0n) is 13.1. The van der Waals surface area contributed by atoms with Gasteiger partial charge in [0.1, 0.15) is 11.6 Å². The highest BCUT2D eigenvalue weighted by Gasteiger charge is 2.21. The molecule has 0 bridgehead atoms. The van der Waals surface area contributed by atoms with E-state index >= 15 is 0 Å². The monoisotopic (exact) mass is 288 g/mol. The first-order valence-electron chi connectivity index (χ1n) is 7.92. The highest BCUT2D eigenvalue weighted by Crippen LogP contribution is 2.28. The molecule has 0 saturated carbocycles. The van der Waals surface area contributed by atoms with E-state index in [0.717, 1.165) is 61.7 Å². The molecule has 0 aliphatic carbocycles. The van der Waals surface area contributed by atoms with Crippen molar-refractivity contribution < 1.29 is 0 Å². The summed E-state index contributed by atoms with van der Waals surface area (Å²) in [5.41, 5.74) is 0.983. The Kier molecular flexibility index (Phi) is 4.05. The maximum atomic E-state index is 4.66. The number of fused-ring (bicyclic) bond motifs is 1. The van der Waals surface area contributed by atoms with Crippen molar-refractivity contribution in [1.29, 1.82) is 0 Å². The van der Waals surface area contributed by atoms with E-state index in [4.69, 9.17) is 0 Å². The number of rotatable bonds is 4. The van der Waals surface area contributed by atoms with E-state index in [1.54, 1.807) is 0 Å². The predicted molar refractivity (Wildman–Crippen MR) is 84.8 cm³/mol. The van der Waals surface area contributed by atoms with Crippen LogP contribution in [0.1, 0.15) is 38.6 Å². The summed E-state index contributed by atoms with van der Waals surface area (Å²) in [6.45, 7) is 10.3. The first kappa shape index (κ1) is 14.3. The van der Waals surface area contributed by atoms with E-state index in [1.807, 2.05) is 13.1 Å². The van der Waals surface area contributed by atoms with Crippen molar-refractivity contribution >= 4 is 16.9 Å². The lowest BCUT2D eigenvalue weighted by atomic mass is 10.1. The number of aryl methyl sites for hydroxylation is 1. The zero-order chi connectivity index (χ0) is 14.8. The normalized spacial score (nSPS) is 16.5. The standard InChI is InChI=1S/C15H24N6/c1-4-20(5-2)14-13-10-17-21(12-6-8-16-9-7-12)15(13)19-11(3)18-14/h10,12,16H,4-9H2,1-3H3. The Bertz CT molecular complexity index is 610. The third-order valence-corrected chi connectivity index (χ3v) is 4.26. The van der Waals surface area contributed by atoms with Crippen molar-refractivity contribution in [3.8, 4) is 0 Å². The fourth-order valence-electron chi connectivity index (χ4n) is 3.10. The molecule has 0 amide bonds. The largest absolute Gasteiger partial charge is 0.356 e. The smallest absolute Gasteiger partial charge is 0.163 e. The van der Waals surface area contributed by atoms with Crippen LogP contribution in [-0.2, 0) is 0 Å². The van der Waals surface area contributed by atoms with E-state index in [9.17, 15) is 0 Å². The van der Waals surface area contributed by atoms with Crippen LogP contribution in [0.2, 0.25) is 0 Å². The molecule has 1 N–H and O–H groups in total. The average molecular weight is 288 g/mol. The van der Waals surface area contributed by atoms with Crippen molar-refractivity contribution in [3.05, 3.63) is 12.0 Å². The molecule has 6 nitrogen and oxygen atoms in total. The van der Waals surface area contributed by atoms with Crippen molar-refractivity contribution in [2.45, 2.75) is 39.7 Å². The maximum Gasteiger partial charge on any atom is 0.163 e. The molecule has 0 unspecified atom stereocenters. The second-order valence-electron chi connectivity index (χ2n) is 5.57. The van der Waals surface area contributed by atoms with Crippen LogP contribution in [0.4, 0.5) is 5.82 Å². The second-order valence-corrected chi connectivity index (χ2v) is 5.57. The summed E-state index contributed by atoms with van der Waals surface area (Å²) in [6, 6.07) is 0.447. The van der Waals surface area contributed by atoms with Gasteiger partial charge >= 0.3 is 0 Å². The van der Waals surface area contributed by atoms with E-state index < -0.39 is 0 Å².